The van der Waals surface area contributed by atoms with Gasteiger partial charge >= 0.3 is 0 Å². The van der Waals surface area contributed by atoms with E-state index in [0.717, 1.165) is 5.56 Å². The molecule has 0 aliphatic rings. The molecule has 19 heavy (non-hydrogen) atoms. The highest BCUT2D eigenvalue weighted by Gasteiger charge is 2.14. The van der Waals surface area contributed by atoms with Crippen molar-refractivity contribution in [3.63, 3.8) is 0 Å². The molecule has 1 atom stereocenters. The fourth-order valence-electron chi connectivity index (χ4n) is 1.44. The first-order chi connectivity index (χ1) is 9.15. The summed E-state index contributed by atoms with van der Waals surface area (Å²) in [6, 6.07) is 7.52. The van der Waals surface area contributed by atoms with Gasteiger partial charge in [-0.3, -0.25) is 4.79 Å². The van der Waals surface area contributed by atoms with Crippen LogP contribution >= 0.6 is 0 Å². The van der Waals surface area contributed by atoms with Crippen molar-refractivity contribution < 1.29 is 9.53 Å². The van der Waals surface area contributed by atoms with Crippen molar-refractivity contribution in [2.75, 3.05) is 0 Å². The SMILES string of the molecule is Cc1ccc(OC(C)C(=O)NCc2nn[nH]n2)cc1. The number of hydrogen-bond acceptors (Lipinski definition) is 5. The molecule has 2 aromatic rings. The van der Waals surface area contributed by atoms with Crippen LogP contribution in [0.2, 0.25) is 0 Å². The molecule has 2 rings (SSSR count). The minimum absolute atomic E-state index is 0.219. The van der Waals surface area contributed by atoms with Crippen LogP contribution in [-0.4, -0.2) is 32.6 Å². The second-order valence-electron chi connectivity index (χ2n) is 4.12. The van der Waals surface area contributed by atoms with Gasteiger partial charge in [0, 0.05) is 0 Å². The zero-order valence-corrected chi connectivity index (χ0v) is 10.8. The summed E-state index contributed by atoms with van der Waals surface area (Å²) in [5, 5.41) is 15.9. The maximum atomic E-state index is 11.8. The molecule has 0 saturated heterocycles. The number of rotatable bonds is 5. The lowest BCUT2D eigenvalue weighted by atomic mass is 10.2. The van der Waals surface area contributed by atoms with Crippen molar-refractivity contribution in [2.24, 2.45) is 0 Å². The highest BCUT2D eigenvalue weighted by atomic mass is 16.5. The molecular formula is C12H15N5O2. The van der Waals surface area contributed by atoms with E-state index in [-0.39, 0.29) is 12.5 Å². The van der Waals surface area contributed by atoms with E-state index >= 15 is 0 Å². The van der Waals surface area contributed by atoms with E-state index in [1.165, 1.54) is 0 Å². The van der Waals surface area contributed by atoms with Gasteiger partial charge in [0.15, 0.2) is 11.9 Å². The molecular weight excluding hydrogens is 246 g/mol. The van der Waals surface area contributed by atoms with Gasteiger partial charge in [-0.15, -0.1) is 10.2 Å². The van der Waals surface area contributed by atoms with Gasteiger partial charge in [-0.2, -0.15) is 5.21 Å². The van der Waals surface area contributed by atoms with Crippen molar-refractivity contribution >= 4 is 5.91 Å². The highest BCUT2D eigenvalue weighted by molar-refractivity contribution is 5.80. The maximum Gasteiger partial charge on any atom is 0.261 e. The molecule has 2 N–H and O–H groups in total. The molecule has 7 nitrogen and oxygen atoms in total. The number of benzene rings is 1. The number of hydrogen-bond donors (Lipinski definition) is 2. The molecule has 0 aliphatic carbocycles. The molecule has 7 heteroatoms. The summed E-state index contributed by atoms with van der Waals surface area (Å²) < 4.78 is 5.52. The van der Waals surface area contributed by atoms with Gasteiger partial charge in [0.25, 0.3) is 5.91 Å². The molecule has 1 amide bonds. The van der Waals surface area contributed by atoms with E-state index in [2.05, 4.69) is 25.9 Å². The monoisotopic (exact) mass is 261 g/mol. The summed E-state index contributed by atoms with van der Waals surface area (Å²) in [7, 11) is 0. The van der Waals surface area contributed by atoms with Gasteiger partial charge in [0.1, 0.15) is 5.75 Å². The Bertz CT molecular complexity index is 524. The minimum Gasteiger partial charge on any atom is -0.481 e. The molecule has 1 unspecified atom stereocenters. The number of ether oxygens (including phenoxy) is 1. The van der Waals surface area contributed by atoms with Gasteiger partial charge in [-0.1, -0.05) is 22.9 Å². The van der Waals surface area contributed by atoms with E-state index in [0.29, 0.717) is 11.6 Å². The Hall–Kier alpha value is -2.44. The van der Waals surface area contributed by atoms with E-state index in [4.69, 9.17) is 4.74 Å². The molecule has 0 bridgehead atoms. The fraction of sp³-hybridized carbons (Fsp3) is 0.333. The Morgan fingerprint density at radius 2 is 2.16 bits per heavy atom. The molecule has 1 aromatic carbocycles. The van der Waals surface area contributed by atoms with Crippen molar-refractivity contribution in [1.29, 1.82) is 0 Å². The summed E-state index contributed by atoms with van der Waals surface area (Å²) in [5.74, 6) is 0.856. The fourth-order valence-corrected chi connectivity index (χ4v) is 1.44. The largest absolute Gasteiger partial charge is 0.481 e. The second-order valence-corrected chi connectivity index (χ2v) is 4.12. The number of amides is 1. The second kappa shape index (κ2) is 5.94. The smallest absolute Gasteiger partial charge is 0.261 e. The highest BCUT2D eigenvalue weighted by Crippen LogP contribution is 2.13. The molecule has 0 fully saturated rings. The first kappa shape index (κ1) is 13.0. The third-order valence-corrected chi connectivity index (χ3v) is 2.51. The number of tetrazole rings is 1. The zero-order valence-electron chi connectivity index (χ0n) is 10.8. The number of nitrogens with zero attached hydrogens (tertiary/aromatic N) is 3. The molecule has 100 valence electrons. The molecule has 0 radical (unpaired) electrons. The van der Waals surface area contributed by atoms with Gasteiger partial charge in [0.05, 0.1) is 6.54 Å². The zero-order chi connectivity index (χ0) is 13.7. The Balaban J connectivity index is 1.83. The van der Waals surface area contributed by atoms with Crippen LogP contribution < -0.4 is 10.1 Å². The Morgan fingerprint density at radius 3 is 2.79 bits per heavy atom. The first-order valence-corrected chi connectivity index (χ1v) is 5.88. The van der Waals surface area contributed by atoms with E-state index < -0.39 is 6.10 Å². The topological polar surface area (TPSA) is 92.8 Å². The predicted octanol–water partition coefficient (Wildman–Crippen LogP) is 0.592. The van der Waals surface area contributed by atoms with Crippen LogP contribution in [0.3, 0.4) is 0 Å². The van der Waals surface area contributed by atoms with Gasteiger partial charge < -0.3 is 10.1 Å². The van der Waals surface area contributed by atoms with Crippen molar-refractivity contribution in [3.8, 4) is 5.75 Å². The number of carbonyl (C=O) groups is 1. The third kappa shape index (κ3) is 3.77. The van der Waals surface area contributed by atoms with Crippen LogP contribution in [0.5, 0.6) is 5.75 Å². The van der Waals surface area contributed by atoms with Gasteiger partial charge in [-0.05, 0) is 26.0 Å². The lowest BCUT2D eigenvalue weighted by Gasteiger charge is -2.14. The van der Waals surface area contributed by atoms with Crippen LogP contribution in [0.4, 0.5) is 0 Å². The minimum atomic E-state index is -0.588. The molecule has 1 aromatic heterocycles. The standard InChI is InChI=1S/C12H15N5O2/c1-8-3-5-10(6-4-8)19-9(2)12(18)13-7-11-14-16-17-15-11/h3-6,9H,7H2,1-2H3,(H,13,18)(H,14,15,16,17). The lowest BCUT2D eigenvalue weighted by Crippen LogP contribution is -2.36. The molecule has 0 spiro atoms. The van der Waals surface area contributed by atoms with Crippen molar-refractivity contribution in [1.82, 2.24) is 25.9 Å². The maximum absolute atomic E-state index is 11.8. The van der Waals surface area contributed by atoms with E-state index in [1.807, 2.05) is 31.2 Å². The van der Waals surface area contributed by atoms with Crippen LogP contribution in [0.15, 0.2) is 24.3 Å². The Labute approximate surface area is 110 Å². The number of aryl methyl sites for hydroxylation is 1. The van der Waals surface area contributed by atoms with Crippen LogP contribution in [0.25, 0.3) is 0 Å². The van der Waals surface area contributed by atoms with E-state index in [9.17, 15) is 4.79 Å². The van der Waals surface area contributed by atoms with Crippen LogP contribution in [-0.2, 0) is 11.3 Å². The normalized spacial score (nSPS) is 11.9. The predicted molar refractivity (Wildman–Crippen MR) is 67.3 cm³/mol. The molecule has 1 heterocycles. The number of aromatic amines is 1. The third-order valence-electron chi connectivity index (χ3n) is 2.51. The summed E-state index contributed by atoms with van der Waals surface area (Å²) in [5.41, 5.74) is 1.14. The summed E-state index contributed by atoms with van der Waals surface area (Å²) >= 11 is 0. The number of aromatic nitrogens is 4. The Kier molecular flexibility index (Phi) is 4.07. The van der Waals surface area contributed by atoms with Crippen LogP contribution in [0.1, 0.15) is 18.3 Å². The molecule has 0 aliphatic heterocycles. The van der Waals surface area contributed by atoms with Crippen LogP contribution in [0, 0.1) is 6.92 Å². The van der Waals surface area contributed by atoms with E-state index in [1.54, 1.807) is 6.92 Å². The first-order valence-electron chi connectivity index (χ1n) is 5.88. The quantitative estimate of drug-likeness (QED) is 0.821. The number of carbonyl (C=O) groups excluding carboxylic acids is 1. The summed E-state index contributed by atoms with van der Waals surface area (Å²) in [4.78, 5) is 11.8. The average Bonchev–Trinajstić information content (AvgIpc) is 2.91. The van der Waals surface area contributed by atoms with Gasteiger partial charge in [-0.25, -0.2) is 0 Å². The average molecular weight is 261 g/mol. The Morgan fingerprint density at radius 1 is 1.42 bits per heavy atom. The summed E-state index contributed by atoms with van der Waals surface area (Å²) in [6.45, 7) is 3.90. The van der Waals surface area contributed by atoms with Crippen molar-refractivity contribution in [2.45, 2.75) is 26.5 Å². The lowest BCUT2D eigenvalue weighted by molar-refractivity contribution is -0.127. The summed E-state index contributed by atoms with van der Waals surface area (Å²) in [6.07, 6.45) is -0.588. The van der Waals surface area contributed by atoms with Gasteiger partial charge in [0.2, 0.25) is 0 Å². The number of nitrogens with one attached hydrogen (secondary N) is 2. The molecule has 0 saturated carbocycles. The van der Waals surface area contributed by atoms with Crippen molar-refractivity contribution in [3.05, 3.63) is 35.7 Å². The number of H-pyrrole nitrogens is 1.